The van der Waals surface area contributed by atoms with Gasteiger partial charge in [0.25, 0.3) is 0 Å². The van der Waals surface area contributed by atoms with E-state index >= 15 is 0 Å². The van der Waals surface area contributed by atoms with Crippen molar-refractivity contribution in [2.45, 2.75) is 37.7 Å². The summed E-state index contributed by atoms with van der Waals surface area (Å²) in [6, 6.07) is 1.21. The topological polar surface area (TPSA) is 118 Å². The lowest BCUT2D eigenvalue weighted by atomic mass is 9.98. The van der Waals surface area contributed by atoms with Crippen molar-refractivity contribution >= 4 is 23.8 Å². The Labute approximate surface area is 177 Å². The molecule has 2 aliphatic heterocycles. The number of anilines is 1. The number of halogens is 3. The lowest BCUT2D eigenvalue weighted by Gasteiger charge is -2.34. The zero-order valence-electron chi connectivity index (χ0n) is 16.9. The molecule has 1 saturated heterocycles. The number of alkyl halides is 3. The van der Waals surface area contributed by atoms with Crippen LogP contribution in [0.1, 0.15) is 25.0 Å². The molecule has 3 rings (SSSR count). The number of fused-ring (bicyclic) bond motifs is 2. The monoisotopic (exact) mass is 439 g/mol. The minimum atomic E-state index is -4.71. The van der Waals surface area contributed by atoms with Crippen LogP contribution in [0, 0.1) is 0 Å². The Morgan fingerprint density at radius 1 is 1.45 bits per heavy atom. The molecule has 168 valence electrons. The van der Waals surface area contributed by atoms with Gasteiger partial charge >= 0.3 is 12.4 Å². The molecule has 0 aliphatic carbocycles. The first-order chi connectivity index (χ1) is 14.8. The van der Waals surface area contributed by atoms with Gasteiger partial charge in [-0.05, 0) is 30.9 Å². The van der Waals surface area contributed by atoms with Gasteiger partial charge in [-0.15, -0.1) is 13.2 Å². The lowest BCUT2D eigenvalue weighted by molar-refractivity contribution is -0.323. The number of nitrogens with one attached hydrogen (secondary N) is 2. The summed E-state index contributed by atoms with van der Waals surface area (Å²) in [6.45, 7) is -0.845. The minimum absolute atomic E-state index is 0.0494. The Morgan fingerprint density at radius 3 is 2.94 bits per heavy atom. The molecule has 31 heavy (non-hydrogen) atoms. The maximum atomic E-state index is 12.5. The van der Waals surface area contributed by atoms with Crippen LogP contribution in [-0.2, 0) is 4.74 Å². The summed E-state index contributed by atoms with van der Waals surface area (Å²) >= 11 is 0. The molecule has 0 aromatic carbocycles. The first kappa shape index (κ1) is 22.5. The van der Waals surface area contributed by atoms with Crippen molar-refractivity contribution in [3.05, 3.63) is 35.9 Å². The van der Waals surface area contributed by atoms with Crippen LogP contribution in [0.2, 0.25) is 0 Å². The van der Waals surface area contributed by atoms with E-state index in [1.807, 2.05) is 6.08 Å². The molecular weight excluding hydrogens is 415 g/mol. The Kier molecular flexibility index (Phi) is 7.10. The zero-order valence-corrected chi connectivity index (χ0v) is 16.9. The summed E-state index contributed by atoms with van der Waals surface area (Å²) in [5.41, 5.74) is 7.83. The number of allylic oxidation sites excluding steroid dienone is 1. The van der Waals surface area contributed by atoms with E-state index in [-0.39, 0.29) is 18.6 Å². The number of hydrogen-bond acceptors (Lipinski definition) is 7. The van der Waals surface area contributed by atoms with Crippen molar-refractivity contribution in [1.29, 1.82) is 0 Å². The second-order valence-corrected chi connectivity index (χ2v) is 7.03. The Morgan fingerprint density at radius 2 is 2.26 bits per heavy atom. The number of carbonyl (C=O) groups is 1. The number of hydrogen-bond donors (Lipinski definition) is 3. The Balaban J connectivity index is 1.65. The number of carbonyl (C=O) groups excluding carboxylic acids is 1. The molecule has 0 spiro atoms. The van der Waals surface area contributed by atoms with E-state index in [1.54, 1.807) is 30.4 Å². The summed E-state index contributed by atoms with van der Waals surface area (Å²) in [7, 11) is 1.62. The number of amides is 2. The van der Waals surface area contributed by atoms with Crippen LogP contribution in [0.3, 0.4) is 0 Å². The largest absolute Gasteiger partial charge is 0.522 e. The van der Waals surface area contributed by atoms with Crippen LogP contribution >= 0.6 is 0 Å². The second-order valence-electron chi connectivity index (χ2n) is 7.03. The molecule has 3 heterocycles. The third kappa shape index (κ3) is 5.94. The van der Waals surface area contributed by atoms with Gasteiger partial charge in [-0.2, -0.15) is 0 Å². The third-order valence-electron chi connectivity index (χ3n) is 4.96. The SMILES string of the molecule is CN=CC(=CN)Nc1nccc(C2=CC3CCC(C2)N3C(=O)NCCOC(F)(F)F)n1. The standard InChI is InChI=1S/C19H24F3N7O2/c1-24-11-13(10-23)27-17-25-5-4-16(28-17)12-8-14-2-3-15(9-12)29(14)18(30)26-6-7-31-19(20,21)22/h4-5,8,10-11,14-15H,2-3,6-7,9,23H2,1H3,(H,26,30)(H,25,27,28). The number of rotatable bonds is 7. The molecule has 0 saturated carbocycles. The molecule has 1 fully saturated rings. The minimum Gasteiger partial charge on any atom is -0.403 e. The molecule has 4 N–H and O–H groups in total. The van der Waals surface area contributed by atoms with Crippen LogP contribution in [0.4, 0.5) is 23.9 Å². The summed E-state index contributed by atoms with van der Waals surface area (Å²) < 4.78 is 39.8. The smallest absolute Gasteiger partial charge is 0.403 e. The Hall–Kier alpha value is -3.15. The number of nitrogens with two attached hydrogens (primary N) is 1. The number of ether oxygens (including phenoxy) is 1. The van der Waals surface area contributed by atoms with E-state index in [0.29, 0.717) is 18.1 Å². The van der Waals surface area contributed by atoms with Crippen LogP contribution in [0.25, 0.3) is 5.57 Å². The highest BCUT2D eigenvalue weighted by molar-refractivity contribution is 5.82. The molecule has 9 nitrogen and oxygen atoms in total. The first-order valence-corrected chi connectivity index (χ1v) is 9.72. The van der Waals surface area contributed by atoms with E-state index in [1.165, 1.54) is 6.20 Å². The average Bonchev–Trinajstić information content (AvgIpc) is 2.99. The fourth-order valence-corrected chi connectivity index (χ4v) is 3.74. The van der Waals surface area contributed by atoms with Gasteiger partial charge in [-0.1, -0.05) is 6.08 Å². The number of nitrogens with zero attached hydrogens (tertiary/aromatic N) is 4. The summed E-state index contributed by atoms with van der Waals surface area (Å²) in [5.74, 6) is 0.368. The quantitative estimate of drug-likeness (QED) is 0.443. The van der Waals surface area contributed by atoms with Crippen molar-refractivity contribution in [1.82, 2.24) is 20.2 Å². The molecule has 2 atom stereocenters. The molecule has 1 aromatic rings. The van der Waals surface area contributed by atoms with Gasteiger partial charge in [0.2, 0.25) is 5.95 Å². The van der Waals surface area contributed by atoms with Crippen molar-refractivity contribution in [2.75, 3.05) is 25.5 Å². The highest BCUT2D eigenvalue weighted by Gasteiger charge is 2.40. The Bertz CT molecular complexity index is 885. The van der Waals surface area contributed by atoms with E-state index in [2.05, 4.69) is 30.3 Å². The van der Waals surface area contributed by atoms with Crippen molar-refractivity contribution in [3.63, 3.8) is 0 Å². The summed E-state index contributed by atoms with van der Waals surface area (Å²) in [5, 5.41) is 5.48. The maximum absolute atomic E-state index is 12.5. The van der Waals surface area contributed by atoms with Gasteiger partial charge in [0, 0.05) is 38.2 Å². The van der Waals surface area contributed by atoms with Crippen molar-refractivity contribution < 1.29 is 22.7 Å². The fraction of sp³-hybridized carbons (Fsp3) is 0.474. The van der Waals surface area contributed by atoms with E-state index in [0.717, 1.165) is 24.1 Å². The predicted molar refractivity (Wildman–Crippen MR) is 109 cm³/mol. The molecule has 2 amide bonds. The van der Waals surface area contributed by atoms with Crippen LogP contribution in [0.15, 0.2) is 35.2 Å². The maximum Gasteiger partial charge on any atom is 0.522 e. The number of aliphatic imine (C=N–C) groups is 1. The highest BCUT2D eigenvalue weighted by Crippen LogP contribution is 2.38. The van der Waals surface area contributed by atoms with Gasteiger partial charge in [0.1, 0.15) is 0 Å². The molecule has 2 unspecified atom stereocenters. The highest BCUT2D eigenvalue weighted by atomic mass is 19.4. The van der Waals surface area contributed by atoms with Gasteiger partial charge in [-0.25, -0.2) is 14.8 Å². The van der Waals surface area contributed by atoms with Gasteiger partial charge in [0.05, 0.1) is 24.0 Å². The molecule has 0 radical (unpaired) electrons. The zero-order chi connectivity index (χ0) is 22.4. The van der Waals surface area contributed by atoms with Crippen molar-refractivity contribution in [2.24, 2.45) is 10.7 Å². The van der Waals surface area contributed by atoms with Crippen LogP contribution < -0.4 is 16.4 Å². The second kappa shape index (κ2) is 9.77. The van der Waals surface area contributed by atoms with Crippen LogP contribution in [-0.4, -0.2) is 65.8 Å². The fourth-order valence-electron chi connectivity index (χ4n) is 3.74. The number of urea groups is 1. The normalized spacial score (nSPS) is 21.4. The first-order valence-electron chi connectivity index (χ1n) is 9.72. The van der Waals surface area contributed by atoms with E-state index in [9.17, 15) is 18.0 Å². The van der Waals surface area contributed by atoms with Crippen LogP contribution in [0.5, 0.6) is 0 Å². The lowest BCUT2D eigenvalue weighted by Crippen LogP contribution is -2.49. The van der Waals surface area contributed by atoms with E-state index in [4.69, 9.17) is 5.73 Å². The molecular formula is C19H24F3N7O2. The molecule has 1 aromatic heterocycles. The molecule has 2 aliphatic rings. The number of aromatic nitrogens is 2. The van der Waals surface area contributed by atoms with Gasteiger partial charge in [-0.3, -0.25) is 9.73 Å². The van der Waals surface area contributed by atoms with Crippen molar-refractivity contribution in [3.8, 4) is 0 Å². The molecule has 2 bridgehead atoms. The third-order valence-corrected chi connectivity index (χ3v) is 4.96. The average molecular weight is 439 g/mol. The van der Waals surface area contributed by atoms with Gasteiger partial charge < -0.3 is 21.3 Å². The van der Waals surface area contributed by atoms with E-state index < -0.39 is 19.0 Å². The summed E-state index contributed by atoms with van der Waals surface area (Å²) in [6.07, 6.45) is 3.99. The summed E-state index contributed by atoms with van der Waals surface area (Å²) in [4.78, 5) is 26.8. The van der Waals surface area contributed by atoms with Gasteiger partial charge in [0.15, 0.2) is 0 Å². The molecule has 12 heteroatoms. The predicted octanol–water partition coefficient (Wildman–Crippen LogP) is 2.26.